The Morgan fingerprint density at radius 2 is 1.92 bits per heavy atom. The van der Waals surface area contributed by atoms with E-state index < -0.39 is 0 Å². The van der Waals surface area contributed by atoms with E-state index in [0.717, 1.165) is 6.54 Å². The zero-order valence-corrected chi connectivity index (χ0v) is 9.01. The molecular formula is C10H24N2. The summed E-state index contributed by atoms with van der Waals surface area (Å²) in [6.45, 7) is 8.68. The molecule has 0 saturated carbocycles. The van der Waals surface area contributed by atoms with Crippen LogP contribution in [0.15, 0.2) is 0 Å². The van der Waals surface area contributed by atoms with Crippen LogP contribution in [0.5, 0.6) is 0 Å². The molecule has 0 fully saturated rings. The minimum absolute atomic E-state index is 0.653. The van der Waals surface area contributed by atoms with Gasteiger partial charge in [0, 0.05) is 6.04 Å². The third-order valence-electron chi connectivity index (χ3n) is 2.68. The molecule has 0 heterocycles. The molecule has 0 radical (unpaired) electrons. The van der Waals surface area contributed by atoms with Crippen LogP contribution in [-0.4, -0.2) is 31.1 Å². The summed E-state index contributed by atoms with van der Waals surface area (Å²) < 4.78 is 0. The third-order valence-corrected chi connectivity index (χ3v) is 2.68. The fourth-order valence-electron chi connectivity index (χ4n) is 1.13. The van der Waals surface area contributed by atoms with Crippen LogP contribution in [0.1, 0.15) is 33.6 Å². The monoisotopic (exact) mass is 172 g/mol. The van der Waals surface area contributed by atoms with E-state index >= 15 is 0 Å². The summed E-state index contributed by atoms with van der Waals surface area (Å²) in [6, 6.07) is 0.653. The highest BCUT2D eigenvalue weighted by Crippen LogP contribution is 2.07. The molecule has 0 aromatic carbocycles. The molecule has 0 aliphatic heterocycles. The van der Waals surface area contributed by atoms with Gasteiger partial charge in [-0.3, -0.25) is 0 Å². The number of hydrogen-bond donors (Lipinski definition) is 1. The SMILES string of the molecule is CCC(CN)CCN(C)C(C)C. The predicted molar refractivity (Wildman–Crippen MR) is 55.2 cm³/mol. The fourth-order valence-corrected chi connectivity index (χ4v) is 1.13. The minimum atomic E-state index is 0.653. The summed E-state index contributed by atoms with van der Waals surface area (Å²) in [5.41, 5.74) is 5.63. The van der Waals surface area contributed by atoms with E-state index in [0.29, 0.717) is 12.0 Å². The van der Waals surface area contributed by atoms with Crippen LogP contribution in [0.3, 0.4) is 0 Å². The van der Waals surface area contributed by atoms with Crippen molar-refractivity contribution in [3.05, 3.63) is 0 Å². The number of hydrogen-bond acceptors (Lipinski definition) is 2. The zero-order chi connectivity index (χ0) is 9.56. The largest absolute Gasteiger partial charge is 0.330 e. The second-order valence-electron chi connectivity index (χ2n) is 3.87. The van der Waals surface area contributed by atoms with E-state index in [-0.39, 0.29) is 0 Å². The molecule has 1 unspecified atom stereocenters. The first kappa shape index (κ1) is 11.9. The minimum Gasteiger partial charge on any atom is -0.330 e. The van der Waals surface area contributed by atoms with E-state index in [4.69, 9.17) is 5.73 Å². The van der Waals surface area contributed by atoms with Crippen molar-refractivity contribution in [2.75, 3.05) is 20.1 Å². The Morgan fingerprint density at radius 3 is 2.25 bits per heavy atom. The molecular weight excluding hydrogens is 148 g/mol. The molecule has 0 rings (SSSR count). The summed E-state index contributed by atoms with van der Waals surface area (Å²) in [6.07, 6.45) is 2.45. The van der Waals surface area contributed by atoms with Gasteiger partial charge in [-0.1, -0.05) is 13.3 Å². The van der Waals surface area contributed by atoms with Gasteiger partial charge >= 0.3 is 0 Å². The molecule has 74 valence electrons. The lowest BCUT2D eigenvalue weighted by atomic mass is 10.0. The van der Waals surface area contributed by atoms with Gasteiger partial charge in [0.25, 0.3) is 0 Å². The molecule has 0 aliphatic carbocycles. The molecule has 0 aromatic rings. The number of nitrogens with zero attached hydrogens (tertiary/aromatic N) is 1. The average Bonchev–Trinajstić information content (AvgIpc) is 2.05. The maximum absolute atomic E-state index is 5.63. The van der Waals surface area contributed by atoms with Gasteiger partial charge in [0.1, 0.15) is 0 Å². The molecule has 2 nitrogen and oxygen atoms in total. The Bertz CT molecular complexity index is 96.0. The third kappa shape index (κ3) is 4.73. The second-order valence-corrected chi connectivity index (χ2v) is 3.87. The summed E-state index contributed by atoms with van der Waals surface area (Å²) in [4.78, 5) is 2.37. The van der Waals surface area contributed by atoms with Crippen molar-refractivity contribution < 1.29 is 0 Å². The highest BCUT2D eigenvalue weighted by Gasteiger charge is 2.07. The summed E-state index contributed by atoms with van der Waals surface area (Å²) in [7, 11) is 2.17. The Balaban J connectivity index is 3.51. The lowest BCUT2D eigenvalue weighted by molar-refractivity contribution is 0.250. The predicted octanol–water partition coefficient (Wildman–Crippen LogP) is 1.70. The maximum Gasteiger partial charge on any atom is 0.00355 e. The lowest BCUT2D eigenvalue weighted by Gasteiger charge is -2.23. The summed E-state index contributed by atoms with van der Waals surface area (Å²) >= 11 is 0. The van der Waals surface area contributed by atoms with Crippen molar-refractivity contribution in [2.24, 2.45) is 11.7 Å². The lowest BCUT2D eigenvalue weighted by Crippen LogP contribution is -2.29. The molecule has 0 bridgehead atoms. The standard InChI is InChI=1S/C10H24N2/c1-5-10(8-11)6-7-12(4)9(2)3/h9-10H,5-8,11H2,1-4H3. The maximum atomic E-state index is 5.63. The van der Waals surface area contributed by atoms with Crippen molar-refractivity contribution in [3.8, 4) is 0 Å². The van der Waals surface area contributed by atoms with Gasteiger partial charge in [-0.15, -0.1) is 0 Å². The topological polar surface area (TPSA) is 29.3 Å². The van der Waals surface area contributed by atoms with E-state index in [1.807, 2.05) is 0 Å². The molecule has 1 atom stereocenters. The smallest absolute Gasteiger partial charge is 0.00355 e. The van der Waals surface area contributed by atoms with E-state index in [2.05, 4.69) is 32.7 Å². The molecule has 0 aliphatic rings. The Labute approximate surface area is 77.1 Å². The van der Waals surface area contributed by atoms with E-state index in [1.165, 1.54) is 19.4 Å². The van der Waals surface area contributed by atoms with Gasteiger partial charge in [0.2, 0.25) is 0 Å². The average molecular weight is 172 g/mol. The van der Waals surface area contributed by atoms with Crippen LogP contribution in [0.2, 0.25) is 0 Å². The van der Waals surface area contributed by atoms with Gasteiger partial charge in [-0.25, -0.2) is 0 Å². The summed E-state index contributed by atoms with van der Waals surface area (Å²) in [5, 5.41) is 0. The Kier molecular flexibility index (Phi) is 6.39. The van der Waals surface area contributed by atoms with Crippen LogP contribution in [0.25, 0.3) is 0 Å². The molecule has 12 heavy (non-hydrogen) atoms. The van der Waals surface area contributed by atoms with Crippen molar-refractivity contribution in [1.82, 2.24) is 4.90 Å². The molecule has 0 aromatic heterocycles. The molecule has 0 amide bonds. The first-order valence-corrected chi connectivity index (χ1v) is 5.02. The van der Waals surface area contributed by atoms with Crippen molar-refractivity contribution in [1.29, 1.82) is 0 Å². The molecule has 2 heteroatoms. The molecule has 0 saturated heterocycles. The molecule has 2 N–H and O–H groups in total. The number of rotatable bonds is 6. The van der Waals surface area contributed by atoms with Gasteiger partial charge in [-0.2, -0.15) is 0 Å². The first-order chi connectivity index (χ1) is 5.61. The molecule has 0 spiro atoms. The van der Waals surface area contributed by atoms with Gasteiger partial charge < -0.3 is 10.6 Å². The zero-order valence-electron chi connectivity index (χ0n) is 9.01. The first-order valence-electron chi connectivity index (χ1n) is 5.02. The quantitative estimate of drug-likeness (QED) is 0.661. The van der Waals surface area contributed by atoms with Crippen molar-refractivity contribution in [3.63, 3.8) is 0 Å². The Morgan fingerprint density at radius 1 is 1.33 bits per heavy atom. The normalized spacial score (nSPS) is 14.2. The van der Waals surface area contributed by atoms with E-state index in [9.17, 15) is 0 Å². The van der Waals surface area contributed by atoms with Crippen molar-refractivity contribution >= 4 is 0 Å². The second kappa shape index (κ2) is 6.44. The van der Waals surface area contributed by atoms with Gasteiger partial charge in [0.05, 0.1) is 0 Å². The fraction of sp³-hybridized carbons (Fsp3) is 1.00. The van der Waals surface area contributed by atoms with Crippen molar-refractivity contribution in [2.45, 2.75) is 39.7 Å². The van der Waals surface area contributed by atoms with Crippen LogP contribution >= 0.6 is 0 Å². The van der Waals surface area contributed by atoms with Crippen LogP contribution in [-0.2, 0) is 0 Å². The summed E-state index contributed by atoms with van der Waals surface area (Å²) in [5.74, 6) is 0.714. The highest BCUT2D eigenvalue weighted by atomic mass is 15.1. The van der Waals surface area contributed by atoms with Crippen LogP contribution in [0, 0.1) is 5.92 Å². The van der Waals surface area contributed by atoms with Gasteiger partial charge in [0.15, 0.2) is 0 Å². The van der Waals surface area contributed by atoms with Gasteiger partial charge in [-0.05, 0) is 46.3 Å². The Hall–Kier alpha value is -0.0800. The van der Waals surface area contributed by atoms with Crippen LogP contribution < -0.4 is 5.73 Å². The number of nitrogens with two attached hydrogens (primary N) is 1. The highest BCUT2D eigenvalue weighted by molar-refractivity contribution is 4.63. The van der Waals surface area contributed by atoms with Crippen LogP contribution in [0.4, 0.5) is 0 Å². The van der Waals surface area contributed by atoms with E-state index in [1.54, 1.807) is 0 Å².